The SMILES string of the molecule is [2H]c1c(-c2cccc(-c3ccc(-c4cccc(-c5c([2H])c([2H])c6c([2H])c([2H])c7c([2H])c([2H])c([2H])c8c([2H])c([2H])c5c6c78)c4)cc3)c2)c2cc([2H])c3c([2H])c([2H])c([2H])c4c([2H])c([2H])c(c1[2H])c2c34. The zero-order chi connectivity index (χ0) is 47.6. The highest BCUT2D eigenvalue weighted by molar-refractivity contribution is 6.26. The van der Waals surface area contributed by atoms with Crippen molar-refractivity contribution in [3.05, 3.63) is 182 Å². The van der Waals surface area contributed by atoms with E-state index in [1.807, 2.05) is 42.5 Å². The fourth-order valence-corrected chi connectivity index (χ4v) is 7.21. The minimum atomic E-state index is -0.533. The van der Waals surface area contributed by atoms with Crippen LogP contribution in [0.5, 0.6) is 0 Å². The van der Waals surface area contributed by atoms with Crippen LogP contribution < -0.4 is 0 Å². The first-order valence-electron chi connectivity index (χ1n) is 24.5. The van der Waals surface area contributed by atoms with Gasteiger partial charge in [-0.25, -0.2) is 0 Å². The molecule has 0 N–H and O–H groups in total. The number of rotatable bonds is 4. The van der Waals surface area contributed by atoms with Crippen molar-refractivity contribution in [2.24, 2.45) is 0 Å². The van der Waals surface area contributed by atoms with Crippen LogP contribution in [0.4, 0.5) is 0 Å². The van der Waals surface area contributed by atoms with Crippen LogP contribution >= 0.6 is 0 Å². The standard InChI is InChI=1S/C50H30/c1-5-33-17-19-37-21-25-43(45-27-23-35(7-1)47(33)49(37)45)41-11-3-9-39(29-41)31-13-15-32(16-14-31)40-10-4-12-42(30-40)44-26-22-38-20-18-34-6-2-8-36-24-28-46(44)50(38)48(34)36/h1-30H/i1D,2D,5D,6D,7D,8D,17D,18D,19D,20D,21D,22D,23D,24D,25D,26D,27D. The van der Waals surface area contributed by atoms with Gasteiger partial charge in [0.25, 0.3) is 0 Å². The quantitative estimate of drug-likeness (QED) is 0.167. The minimum absolute atomic E-state index is 0.0108. The highest BCUT2D eigenvalue weighted by atomic mass is 14.2. The average molecular weight is 648 g/mol. The second-order valence-electron chi connectivity index (χ2n) is 12.3. The van der Waals surface area contributed by atoms with E-state index in [-0.39, 0.29) is 108 Å². The Morgan fingerprint density at radius 3 is 1.22 bits per heavy atom. The lowest BCUT2D eigenvalue weighted by Crippen LogP contribution is -1.88. The molecule has 0 unspecified atom stereocenters. The number of hydrogen-bond acceptors (Lipinski definition) is 0. The van der Waals surface area contributed by atoms with Crippen LogP contribution in [0, 0.1) is 0 Å². The van der Waals surface area contributed by atoms with E-state index >= 15 is 0 Å². The van der Waals surface area contributed by atoms with Gasteiger partial charge in [-0.3, -0.25) is 0 Å². The van der Waals surface area contributed by atoms with Crippen LogP contribution in [-0.4, -0.2) is 0 Å². The highest BCUT2D eigenvalue weighted by Crippen LogP contribution is 2.42. The highest BCUT2D eigenvalue weighted by Gasteiger charge is 2.14. The molecule has 0 heterocycles. The van der Waals surface area contributed by atoms with Gasteiger partial charge in [0, 0.05) is 0 Å². The normalized spacial score (nSPS) is 16.8. The van der Waals surface area contributed by atoms with E-state index in [2.05, 4.69) is 0 Å². The molecule has 11 aromatic rings. The van der Waals surface area contributed by atoms with Gasteiger partial charge in [0.05, 0.1) is 23.3 Å². The van der Waals surface area contributed by atoms with Gasteiger partial charge in [0.15, 0.2) is 0 Å². The summed E-state index contributed by atoms with van der Waals surface area (Å²) in [6.45, 7) is 0. The first-order chi connectivity index (χ1) is 31.9. The molecule has 11 aromatic carbocycles. The van der Waals surface area contributed by atoms with Crippen LogP contribution in [-0.2, 0) is 0 Å². The van der Waals surface area contributed by atoms with E-state index < -0.39 is 54.4 Å². The first kappa shape index (κ1) is 15.8. The summed E-state index contributed by atoms with van der Waals surface area (Å²) in [6.07, 6.45) is 0. The molecule has 0 nitrogen and oxygen atoms in total. The minimum Gasteiger partial charge on any atom is -0.0610 e. The predicted molar refractivity (Wildman–Crippen MR) is 216 cm³/mol. The van der Waals surface area contributed by atoms with Crippen molar-refractivity contribution in [2.75, 3.05) is 0 Å². The molecule has 0 spiro atoms. The molecule has 230 valence electrons. The third kappa shape index (κ3) is 4.06. The van der Waals surface area contributed by atoms with Gasteiger partial charge < -0.3 is 0 Å². The average Bonchev–Trinajstić information content (AvgIpc) is 3.31. The van der Waals surface area contributed by atoms with E-state index in [1.165, 1.54) is 6.07 Å². The van der Waals surface area contributed by atoms with E-state index in [0.29, 0.717) is 33.0 Å². The second-order valence-corrected chi connectivity index (χ2v) is 12.3. The molecule has 0 saturated heterocycles. The first-order valence-corrected chi connectivity index (χ1v) is 16.0. The molecule has 0 aromatic heterocycles. The van der Waals surface area contributed by atoms with Crippen LogP contribution in [0.3, 0.4) is 0 Å². The molecule has 0 amide bonds. The van der Waals surface area contributed by atoms with Crippen molar-refractivity contribution in [1.82, 2.24) is 0 Å². The summed E-state index contributed by atoms with van der Waals surface area (Å²) in [5.41, 5.74) is 4.42. The molecular formula is C50H30. The molecule has 0 radical (unpaired) electrons. The Balaban J connectivity index is 1.04. The molecule has 0 atom stereocenters. The Hall–Kier alpha value is -6.50. The lowest BCUT2D eigenvalue weighted by atomic mass is 9.89. The Bertz CT molecular complexity index is 4020. The van der Waals surface area contributed by atoms with Crippen molar-refractivity contribution in [3.8, 4) is 44.5 Å². The van der Waals surface area contributed by atoms with Gasteiger partial charge in [0.1, 0.15) is 0 Å². The van der Waals surface area contributed by atoms with Crippen LogP contribution in [0.1, 0.15) is 23.3 Å². The van der Waals surface area contributed by atoms with Gasteiger partial charge in [-0.05, 0) is 121 Å². The van der Waals surface area contributed by atoms with Crippen LogP contribution in [0.2, 0.25) is 0 Å². The summed E-state index contributed by atoms with van der Waals surface area (Å²) in [6, 6.07) is 17.0. The molecular weight excluding hydrogens is 601 g/mol. The maximum Gasteiger partial charge on any atom is 0.0630 e. The molecule has 0 saturated carbocycles. The Morgan fingerprint density at radius 2 is 0.680 bits per heavy atom. The summed E-state index contributed by atoms with van der Waals surface area (Å²) in [7, 11) is 0. The summed E-state index contributed by atoms with van der Waals surface area (Å²) in [5.74, 6) is 0. The van der Waals surface area contributed by atoms with Gasteiger partial charge in [0.2, 0.25) is 0 Å². The molecule has 0 aliphatic carbocycles. The zero-order valence-corrected chi connectivity index (χ0v) is 26.0. The van der Waals surface area contributed by atoms with Gasteiger partial charge in [-0.1, -0.05) is 169 Å². The Kier molecular flexibility index (Phi) is 3.32. The zero-order valence-electron chi connectivity index (χ0n) is 43.0. The van der Waals surface area contributed by atoms with Crippen molar-refractivity contribution >= 4 is 64.6 Å². The van der Waals surface area contributed by atoms with E-state index in [1.54, 1.807) is 30.3 Å². The van der Waals surface area contributed by atoms with Crippen molar-refractivity contribution in [1.29, 1.82) is 0 Å². The van der Waals surface area contributed by atoms with Gasteiger partial charge >= 0.3 is 0 Å². The monoisotopic (exact) mass is 647 g/mol. The smallest absolute Gasteiger partial charge is 0.0610 e. The lowest BCUT2D eigenvalue weighted by molar-refractivity contribution is 1.58. The van der Waals surface area contributed by atoms with Crippen molar-refractivity contribution in [3.63, 3.8) is 0 Å². The maximum atomic E-state index is 9.21. The Labute approximate surface area is 314 Å². The number of hydrogen-bond donors (Lipinski definition) is 0. The second kappa shape index (κ2) is 10.5. The molecule has 50 heavy (non-hydrogen) atoms. The van der Waals surface area contributed by atoms with Crippen LogP contribution in [0.15, 0.2) is 182 Å². The fourth-order valence-electron chi connectivity index (χ4n) is 7.21. The third-order valence-electron chi connectivity index (χ3n) is 9.57. The Morgan fingerprint density at radius 1 is 0.280 bits per heavy atom. The van der Waals surface area contributed by atoms with Gasteiger partial charge in [-0.15, -0.1) is 0 Å². The van der Waals surface area contributed by atoms with E-state index in [9.17, 15) is 4.11 Å². The molecule has 0 fully saturated rings. The fraction of sp³-hybridized carbons (Fsp3) is 0. The lowest BCUT2D eigenvalue weighted by Gasteiger charge is -2.15. The van der Waals surface area contributed by atoms with E-state index in [4.69, 9.17) is 19.2 Å². The third-order valence-corrected chi connectivity index (χ3v) is 9.57. The summed E-state index contributed by atoms with van der Waals surface area (Å²) in [4.78, 5) is 0. The maximum absolute atomic E-state index is 9.21. The molecule has 0 aliphatic heterocycles. The molecule has 11 rings (SSSR count). The van der Waals surface area contributed by atoms with Gasteiger partial charge in [-0.2, -0.15) is 0 Å². The molecule has 0 aliphatic rings. The van der Waals surface area contributed by atoms with Crippen molar-refractivity contribution < 1.29 is 23.3 Å². The summed E-state index contributed by atoms with van der Waals surface area (Å²) in [5, 5.41) is 0.834. The summed E-state index contributed by atoms with van der Waals surface area (Å²) < 4.78 is 150. The van der Waals surface area contributed by atoms with Crippen molar-refractivity contribution in [2.45, 2.75) is 0 Å². The predicted octanol–water partition coefficient (Wildman–Crippen LogP) is 14.1. The summed E-state index contributed by atoms with van der Waals surface area (Å²) >= 11 is 0. The van der Waals surface area contributed by atoms with Crippen LogP contribution in [0.25, 0.3) is 109 Å². The molecule has 0 heteroatoms. The largest absolute Gasteiger partial charge is 0.0630 e. The van der Waals surface area contributed by atoms with E-state index in [0.717, 1.165) is 16.7 Å². The topological polar surface area (TPSA) is 0 Å². The molecule has 0 bridgehead atoms. The number of benzene rings is 11.